The van der Waals surface area contributed by atoms with E-state index in [1.54, 1.807) is 4.90 Å². The number of rotatable bonds is 5. The van der Waals surface area contributed by atoms with E-state index in [1.165, 1.54) is 0 Å². The monoisotopic (exact) mass is 323 g/mol. The van der Waals surface area contributed by atoms with Gasteiger partial charge in [0.15, 0.2) is 0 Å². The molecule has 3 rings (SSSR count). The number of benzene rings is 2. The highest BCUT2D eigenvalue weighted by molar-refractivity contribution is 5.91. The van der Waals surface area contributed by atoms with Gasteiger partial charge in [-0.1, -0.05) is 60.7 Å². The Balaban J connectivity index is 1.58. The lowest BCUT2D eigenvalue weighted by atomic mass is 10.1. The molecule has 2 unspecified atom stereocenters. The van der Waals surface area contributed by atoms with Crippen LogP contribution in [0, 0.1) is 0 Å². The Hall–Kier alpha value is -2.66. The van der Waals surface area contributed by atoms with Crippen LogP contribution in [0.1, 0.15) is 23.6 Å². The summed E-state index contributed by atoms with van der Waals surface area (Å²) in [7, 11) is 0. The zero-order valence-electron chi connectivity index (χ0n) is 13.4. The molecule has 24 heavy (non-hydrogen) atoms. The topological polar surface area (TPSA) is 75.4 Å². The number of likely N-dealkylation sites (tertiary alicyclic amines) is 1. The van der Waals surface area contributed by atoms with E-state index in [0.717, 1.165) is 11.1 Å². The number of carbonyl (C=O) groups is 2. The first-order valence-electron chi connectivity index (χ1n) is 8.09. The summed E-state index contributed by atoms with van der Waals surface area (Å²) in [5, 5.41) is 2.79. The number of nitrogens with one attached hydrogen (secondary N) is 1. The molecule has 2 atom stereocenters. The third-order valence-electron chi connectivity index (χ3n) is 4.27. The zero-order chi connectivity index (χ0) is 16.9. The van der Waals surface area contributed by atoms with Crippen molar-refractivity contribution in [3.8, 4) is 0 Å². The van der Waals surface area contributed by atoms with Gasteiger partial charge in [0, 0.05) is 13.1 Å². The van der Waals surface area contributed by atoms with Crippen molar-refractivity contribution in [2.24, 2.45) is 5.73 Å². The molecule has 0 bridgehead atoms. The zero-order valence-corrected chi connectivity index (χ0v) is 13.4. The Morgan fingerprint density at radius 2 is 1.75 bits per heavy atom. The van der Waals surface area contributed by atoms with Crippen LogP contribution in [-0.4, -0.2) is 29.3 Å². The van der Waals surface area contributed by atoms with E-state index >= 15 is 0 Å². The van der Waals surface area contributed by atoms with Crippen molar-refractivity contribution in [1.82, 2.24) is 10.2 Å². The maximum atomic E-state index is 12.5. The maximum absolute atomic E-state index is 12.5. The highest BCUT2D eigenvalue weighted by atomic mass is 16.2. The van der Waals surface area contributed by atoms with Gasteiger partial charge >= 0.3 is 0 Å². The summed E-state index contributed by atoms with van der Waals surface area (Å²) in [4.78, 5) is 26.6. The van der Waals surface area contributed by atoms with E-state index in [4.69, 9.17) is 5.73 Å². The van der Waals surface area contributed by atoms with Crippen molar-refractivity contribution in [1.29, 1.82) is 0 Å². The van der Waals surface area contributed by atoms with Gasteiger partial charge in [-0.05, 0) is 17.5 Å². The smallest absolute Gasteiger partial charge is 0.245 e. The molecule has 2 aromatic carbocycles. The number of nitrogens with zero attached hydrogens (tertiary/aromatic N) is 1. The molecule has 1 heterocycles. The molecule has 2 amide bonds. The Morgan fingerprint density at radius 3 is 2.42 bits per heavy atom. The molecule has 1 aliphatic heterocycles. The largest absolute Gasteiger partial charge is 0.343 e. The Labute approximate surface area is 141 Å². The summed E-state index contributed by atoms with van der Waals surface area (Å²) in [6.07, 6.45) is 0.610. The Kier molecular flexibility index (Phi) is 4.91. The van der Waals surface area contributed by atoms with Crippen LogP contribution in [0.2, 0.25) is 0 Å². The molecule has 2 aromatic rings. The molecular formula is C19H21N3O2. The first kappa shape index (κ1) is 16.2. The molecule has 3 N–H and O–H groups in total. The lowest BCUT2D eigenvalue weighted by Crippen LogP contribution is -2.45. The van der Waals surface area contributed by atoms with Gasteiger partial charge in [-0.2, -0.15) is 0 Å². The van der Waals surface area contributed by atoms with Crippen molar-refractivity contribution in [3.63, 3.8) is 0 Å². The summed E-state index contributed by atoms with van der Waals surface area (Å²) in [5.41, 5.74) is 7.80. The fourth-order valence-electron chi connectivity index (χ4n) is 2.91. The summed E-state index contributed by atoms with van der Waals surface area (Å²) in [5.74, 6) is -0.367. The van der Waals surface area contributed by atoms with Gasteiger partial charge in [0.2, 0.25) is 11.8 Å². The SMILES string of the molecule is NC(C(=O)NC1CCN(Cc2ccccc2)C1=O)c1ccccc1. The van der Waals surface area contributed by atoms with Gasteiger partial charge < -0.3 is 16.0 Å². The Bertz CT molecular complexity index is 703. The second-order valence-corrected chi connectivity index (χ2v) is 5.98. The number of hydrogen-bond donors (Lipinski definition) is 2. The molecule has 1 fully saturated rings. The second-order valence-electron chi connectivity index (χ2n) is 5.98. The van der Waals surface area contributed by atoms with Crippen LogP contribution in [0.3, 0.4) is 0 Å². The highest BCUT2D eigenvalue weighted by Crippen LogP contribution is 2.16. The van der Waals surface area contributed by atoms with Gasteiger partial charge in [0.05, 0.1) is 0 Å². The summed E-state index contributed by atoms with van der Waals surface area (Å²) in [6.45, 7) is 1.20. The minimum absolute atomic E-state index is 0.0486. The van der Waals surface area contributed by atoms with Crippen molar-refractivity contribution in [3.05, 3.63) is 71.8 Å². The van der Waals surface area contributed by atoms with Crippen LogP contribution < -0.4 is 11.1 Å². The van der Waals surface area contributed by atoms with Crippen LogP contribution in [0.4, 0.5) is 0 Å². The van der Waals surface area contributed by atoms with Crippen molar-refractivity contribution >= 4 is 11.8 Å². The number of carbonyl (C=O) groups excluding carboxylic acids is 2. The molecule has 0 aromatic heterocycles. The van der Waals surface area contributed by atoms with E-state index in [9.17, 15) is 9.59 Å². The molecule has 5 nitrogen and oxygen atoms in total. The van der Waals surface area contributed by atoms with E-state index in [0.29, 0.717) is 19.5 Å². The predicted molar refractivity (Wildman–Crippen MR) is 91.8 cm³/mol. The summed E-state index contributed by atoms with van der Waals surface area (Å²) in [6, 6.07) is 17.7. The van der Waals surface area contributed by atoms with E-state index in [1.807, 2.05) is 60.7 Å². The quantitative estimate of drug-likeness (QED) is 0.877. The van der Waals surface area contributed by atoms with E-state index in [-0.39, 0.29) is 11.8 Å². The molecule has 0 aliphatic carbocycles. The average molecular weight is 323 g/mol. The fraction of sp³-hybridized carbons (Fsp3) is 0.263. The molecule has 1 aliphatic rings. The second kappa shape index (κ2) is 7.27. The van der Waals surface area contributed by atoms with Gasteiger partial charge in [-0.3, -0.25) is 9.59 Å². The number of nitrogens with two attached hydrogens (primary N) is 1. The number of hydrogen-bond acceptors (Lipinski definition) is 3. The lowest BCUT2D eigenvalue weighted by molar-refractivity contribution is -0.133. The minimum atomic E-state index is -0.762. The first-order chi connectivity index (χ1) is 11.6. The van der Waals surface area contributed by atoms with Crippen molar-refractivity contribution < 1.29 is 9.59 Å². The molecule has 0 radical (unpaired) electrons. The lowest BCUT2D eigenvalue weighted by Gasteiger charge is -2.18. The normalized spacial score (nSPS) is 18.5. The summed E-state index contributed by atoms with van der Waals surface area (Å²) < 4.78 is 0. The predicted octanol–water partition coefficient (Wildman–Crippen LogP) is 1.60. The molecular weight excluding hydrogens is 302 g/mol. The van der Waals surface area contributed by atoms with Crippen LogP contribution in [-0.2, 0) is 16.1 Å². The van der Waals surface area contributed by atoms with Gasteiger partial charge in [0.1, 0.15) is 12.1 Å². The maximum Gasteiger partial charge on any atom is 0.245 e. The highest BCUT2D eigenvalue weighted by Gasteiger charge is 2.33. The van der Waals surface area contributed by atoms with Crippen LogP contribution in [0.25, 0.3) is 0 Å². The van der Waals surface area contributed by atoms with E-state index < -0.39 is 12.1 Å². The van der Waals surface area contributed by atoms with E-state index in [2.05, 4.69) is 5.32 Å². The van der Waals surface area contributed by atoms with Crippen LogP contribution in [0.15, 0.2) is 60.7 Å². The molecule has 0 saturated carbocycles. The van der Waals surface area contributed by atoms with Crippen molar-refractivity contribution in [2.45, 2.75) is 25.0 Å². The molecule has 0 spiro atoms. The van der Waals surface area contributed by atoms with Gasteiger partial charge in [-0.15, -0.1) is 0 Å². The third kappa shape index (κ3) is 3.63. The number of amides is 2. The van der Waals surface area contributed by atoms with Gasteiger partial charge in [0.25, 0.3) is 0 Å². The van der Waals surface area contributed by atoms with Crippen LogP contribution in [0.5, 0.6) is 0 Å². The van der Waals surface area contributed by atoms with Crippen molar-refractivity contribution in [2.75, 3.05) is 6.54 Å². The average Bonchev–Trinajstić information content (AvgIpc) is 2.96. The standard InChI is InChI=1S/C19H21N3O2/c20-17(15-9-5-2-6-10-15)18(23)21-16-11-12-22(19(16)24)13-14-7-3-1-4-8-14/h1-10,16-17H,11-13,20H2,(H,21,23). The fourth-order valence-corrected chi connectivity index (χ4v) is 2.91. The third-order valence-corrected chi connectivity index (χ3v) is 4.27. The first-order valence-corrected chi connectivity index (χ1v) is 8.09. The summed E-state index contributed by atoms with van der Waals surface area (Å²) >= 11 is 0. The molecule has 124 valence electrons. The molecule has 1 saturated heterocycles. The Morgan fingerprint density at radius 1 is 1.12 bits per heavy atom. The van der Waals surface area contributed by atoms with Gasteiger partial charge in [-0.25, -0.2) is 0 Å². The molecule has 5 heteroatoms. The van der Waals surface area contributed by atoms with Crippen LogP contribution >= 0.6 is 0 Å². The minimum Gasteiger partial charge on any atom is -0.343 e.